The minimum Gasteiger partial charge on any atom is -0.310 e. The molecule has 9 heteroatoms. The number of nitrogens with one attached hydrogen (secondary N) is 3. The third-order valence-corrected chi connectivity index (χ3v) is 5.06. The molecule has 8 nitrogen and oxygen atoms in total. The van der Waals surface area contributed by atoms with Crippen molar-refractivity contribution in [2.24, 2.45) is 0 Å². The van der Waals surface area contributed by atoms with E-state index in [1.807, 2.05) is 12.0 Å². The van der Waals surface area contributed by atoms with Crippen LogP contribution in [0.3, 0.4) is 0 Å². The summed E-state index contributed by atoms with van der Waals surface area (Å²) in [4.78, 5) is 28.7. The highest BCUT2D eigenvalue weighted by molar-refractivity contribution is 7.89. The average molecular weight is 302 g/mol. The summed E-state index contributed by atoms with van der Waals surface area (Å²) in [5, 5.41) is 0. The lowest BCUT2D eigenvalue weighted by atomic mass is 10.1. The van der Waals surface area contributed by atoms with Crippen LogP contribution in [0.4, 0.5) is 0 Å². The summed E-state index contributed by atoms with van der Waals surface area (Å²) >= 11 is 0. The topological polar surface area (TPSA) is 115 Å². The second-order valence-electron chi connectivity index (χ2n) is 5.06. The molecule has 112 valence electrons. The van der Waals surface area contributed by atoms with E-state index in [0.717, 1.165) is 13.1 Å². The molecule has 1 aromatic heterocycles. The largest absolute Gasteiger partial charge is 0.325 e. The lowest BCUT2D eigenvalue weighted by Gasteiger charge is -2.29. The number of likely N-dealkylation sites (tertiary alicyclic amines) is 1. The number of nitrogens with zero attached hydrogens (tertiary/aromatic N) is 1. The third kappa shape index (κ3) is 3.17. The Bertz CT molecular complexity index is 698. The van der Waals surface area contributed by atoms with Crippen LogP contribution in [0, 0.1) is 6.92 Å². The zero-order valence-corrected chi connectivity index (χ0v) is 12.2. The van der Waals surface area contributed by atoms with E-state index in [9.17, 15) is 18.0 Å². The van der Waals surface area contributed by atoms with Gasteiger partial charge in [-0.3, -0.25) is 9.78 Å². The Hall–Kier alpha value is -1.45. The minimum atomic E-state index is -3.94. The van der Waals surface area contributed by atoms with Gasteiger partial charge in [0.05, 0.1) is 0 Å². The van der Waals surface area contributed by atoms with Gasteiger partial charge < -0.3 is 9.88 Å². The Morgan fingerprint density at radius 2 is 1.80 bits per heavy atom. The SMILES string of the molecule is Cc1[nH]c(=O)[nH]c(=O)c1S(=O)(=O)NC1CCN(C)CC1. The Kier molecular flexibility index (Phi) is 4.11. The molecule has 0 amide bonds. The van der Waals surface area contributed by atoms with Gasteiger partial charge in [-0.2, -0.15) is 0 Å². The second-order valence-corrected chi connectivity index (χ2v) is 6.71. The summed E-state index contributed by atoms with van der Waals surface area (Å²) in [5.74, 6) is 0. The molecule has 1 aliphatic heterocycles. The predicted molar refractivity (Wildman–Crippen MR) is 73.3 cm³/mol. The first-order chi connectivity index (χ1) is 9.29. The van der Waals surface area contributed by atoms with E-state index in [4.69, 9.17) is 0 Å². The van der Waals surface area contributed by atoms with E-state index in [1.165, 1.54) is 6.92 Å². The predicted octanol–water partition coefficient (Wildman–Crippen LogP) is -1.26. The third-order valence-electron chi connectivity index (χ3n) is 3.38. The van der Waals surface area contributed by atoms with Gasteiger partial charge in [0.15, 0.2) is 4.90 Å². The molecule has 3 N–H and O–H groups in total. The molecule has 0 aromatic carbocycles. The van der Waals surface area contributed by atoms with Crippen LogP contribution in [0.2, 0.25) is 0 Å². The number of hydrogen-bond donors (Lipinski definition) is 3. The molecule has 2 rings (SSSR count). The molecular formula is C11H18N4O4S. The number of rotatable bonds is 3. The summed E-state index contributed by atoms with van der Waals surface area (Å²) in [5.41, 5.74) is -1.57. The Morgan fingerprint density at radius 1 is 1.20 bits per heavy atom. The van der Waals surface area contributed by atoms with Gasteiger partial charge in [0.2, 0.25) is 10.0 Å². The second kappa shape index (κ2) is 5.51. The molecule has 1 saturated heterocycles. The molecule has 20 heavy (non-hydrogen) atoms. The van der Waals surface area contributed by atoms with E-state index in [-0.39, 0.29) is 11.7 Å². The van der Waals surface area contributed by atoms with Crippen molar-refractivity contribution in [1.82, 2.24) is 19.6 Å². The lowest BCUT2D eigenvalue weighted by molar-refractivity contribution is 0.248. The van der Waals surface area contributed by atoms with Crippen molar-refractivity contribution in [3.05, 3.63) is 26.5 Å². The number of aromatic amines is 2. The van der Waals surface area contributed by atoms with Crippen molar-refractivity contribution >= 4 is 10.0 Å². The Balaban J connectivity index is 2.28. The maximum absolute atomic E-state index is 12.3. The molecule has 1 aliphatic rings. The first-order valence-electron chi connectivity index (χ1n) is 6.33. The van der Waals surface area contributed by atoms with Crippen molar-refractivity contribution in [2.45, 2.75) is 30.7 Å². The molecule has 0 saturated carbocycles. The van der Waals surface area contributed by atoms with Crippen molar-refractivity contribution < 1.29 is 8.42 Å². The highest BCUT2D eigenvalue weighted by Gasteiger charge is 2.27. The highest BCUT2D eigenvalue weighted by Crippen LogP contribution is 2.12. The molecule has 2 heterocycles. The molecule has 1 aromatic rings. The fraction of sp³-hybridized carbons (Fsp3) is 0.636. The van der Waals surface area contributed by atoms with E-state index in [2.05, 4.69) is 14.6 Å². The molecule has 0 unspecified atom stereocenters. The van der Waals surface area contributed by atoms with Gasteiger partial charge in [0, 0.05) is 11.7 Å². The monoisotopic (exact) mass is 302 g/mol. The maximum atomic E-state index is 12.3. The van der Waals surface area contributed by atoms with Gasteiger partial charge in [-0.05, 0) is 39.9 Å². The molecule has 0 radical (unpaired) electrons. The first kappa shape index (κ1) is 14.9. The fourth-order valence-corrected chi connectivity index (χ4v) is 3.86. The Morgan fingerprint density at radius 3 is 2.35 bits per heavy atom. The van der Waals surface area contributed by atoms with Gasteiger partial charge in [-0.15, -0.1) is 0 Å². The molecule has 0 atom stereocenters. The van der Waals surface area contributed by atoms with Crippen LogP contribution in [0.15, 0.2) is 14.5 Å². The highest BCUT2D eigenvalue weighted by atomic mass is 32.2. The standard InChI is InChI=1S/C11H18N4O4S/c1-7-9(10(16)13-11(17)12-7)20(18,19)14-8-3-5-15(2)6-4-8/h8,14H,3-6H2,1-2H3,(H2,12,13,16,17). The summed E-state index contributed by atoms with van der Waals surface area (Å²) in [6.07, 6.45) is 1.38. The molecule has 1 fully saturated rings. The van der Waals surface area contributed by atoms with E-state index < -0.39 is 26.2 Å². The van der Waals surface area contributed by atoms with Gasteiger partial charge in [-0.25, -0.2) is 17.9 Å². The zero-order valence-electron chi connectivity index (χ0n) is 11.4. The van der Waals surface area contributed by atoms with E-state index in [0.29, 0.717) is 12.8 Å². The first-order valence-corrected chi connectivity index (χ1v) is 7.82. The van der Waals surface area contributed by atoms with Crippen LogP contribution >= 0.6 is 0 Å². The fourth-order valence-electron chi connectivity index (χ4n) is 2.32. The number of H-pyrrole nitrogens is 2. The number of piperidine rings is 1. The van der Waals surface area contributed by atoms with Crippen LogP contribution in [-0.4, -0.2) is 49.5 Å². The summed E-state index contributed by atoms with van der Waals surface area (Å²) in [7, 11) is -1.96. The summed E-state index contributed by atoms with van der Waals surface area (Å²) in [6.45, 7) is 2.99. The molecule has 0 spiro atoms. The van der Waals surface area contributed by atoms with E-state index >= 15 is 0 Å². The van der Waals surface area contributed by atoms with Crippen LogP contribution in [0.25, 0.3) is 0 Å². The maximum Gasteiger partial charge on any atom is 0.325 e. The number of aromatic nitrogens is 2. The van der Waals surface area contributed by atoms with Crippen LogP contribution < -0.4 is 16.0 Å². The average Bonchev–Trinajstić information content (AvgIpc) is 2.30. The van der Waals surface area contributed by atoms with Gasteiger partial charge in [0.1, 0.15) is 0 Å². The van der Waals surface area contributed by atoms with Crippen LogP contribution in [-0.2, 0) is 10.0 Å². The van der Waals surface area contributed by atoms with Crippen molar-refractivity contribution in [3.63, 3.8) is 0 Å². The van der Waals surface area contributed by atoms with Gasteiger partial charge in [0.25, 0.3) is 5.56 Å². The van der Waals surface area contributed by atoms with Crippen molar-refractivity contribution in [1.29, 1.82) is 0 Å². The molecular weight excluding hydrogens is 284 g/mol. The quantitative estimate of drug-likeness (QED) is 0.645. The molecule has 0 bridgehead atoms. The summed E-state index contributed by atoms with van der Waals surface area (Å²) < 4.78 is 27.1. The van der Waals surface area contributed by atoms with Crippen LogP contribution in [0.1, 0.15) is 18.5 Å². The zero-order chi connectivity index (χ0) is 14.9. The summed E-state index contributed by atoms with van der Waals surface area (Å²) in [6, 6.07) is -0.193. The van der Waals surface area contributed by atoms with Crippen LogP contribution in [0.5, 0.6) is 0 Å². The van der Waals surface area contributed by atoms with Gasteiger partial charge in [-0.1, -0.05) is 0 Å². The van der Waals surface area contributed by atoms with Gasteiger partial charge >= 0.3 is 5.69 Å². The molecule has 0 aliphatic carbocycles. The lowest BCUT2D eigenvalue weighted by Crippen LogP contribution is -2.45. The number of hydrogen-bond acceptors (Lipinski definition) is 5. The number of aryl methyl sites for hydroxylation is 1. The smallest absolute Gasteiger partial charge is 0.310 e. The Labute approximate surface area is 116 Å². The van der Waals surface area contributed by atoms with Crippen molar-refractivity contribution in [2.75, 3.05) is 20.1 Å². The number of sulfonamides is 1. The minimum absolute atomic E-state index is 0.0409. The van der Waals surface area contributed by atoms with Crippen molar-refractivity contribution in [3.8, 4) is 0 Å². The van der Waals surface area contributed by atoms with E-state index in [1.54, 1.807) is 0 Å². The normalized spacial score (nSPS) is 18.3.